The Hall–Kier alpha value is -4.15. The van der Waals surface area contributed by atoms with Gasteiger partial charge in [0.25, 0.3) is 5.91 Å². The van der Waals surface area contributed by atoms with Crippen molar-refractivity contribution in [3.63, 3.8) is 0 Å². The summed E-state index contributed by atoms with van der Waals surface area (Å²) in [5.74, 6) is -0.419. The quantitative estimate of drug-likeness (QED) is 0.0781. The van der Waals surface area contributed by atoms with Gasteiger partial charge in [-0.05, 0) is 16.7 Å². The molecule has 2 unspecified atom stereocenters. The maximum atomic E-state index is 13.1. The van der Waals surface area contributed by atoms with Crippen molar-refractivity contribution in [2.24, 2.45) is 5.16 Å². The molecule has 10 heteroatoms. The van der Waals surface area contributed by atoms with E-state index in [9.17, 15) is 9.59 Å². The topological polar surface area (TPSA) is 105 Å². The number of hydrogen-bond acceptors (Lipinski definition) is 8. The van der Waals surface area contributed by atoms with Crippen LogP contribution in [0.5, 0.6) is 0 Å². The minimum absolute atomic E-state index is 0.0239. The van der Waals surface area contributed by atoms with Crippen LogP contribution in [0.4, 0.5) is 5.13 Å². The predicted molar refractivity (Wildman–Crippen MR) is 156 cm³/mol. The van der Waals surface area contributed by atoms with Crippen molar-refractivity contribution < 1.29 is 14.4 Å². The fraction of sp³-hybridized carbons (Fsp3) is 0.172. The van der Waals surface area contributed by atoms with E-state index < -0.39 is 17.5 Å². The number of aromatic nitrogens is 1. The van der Waals surface area contributed by atoms with Crippen molar-refractivity contribution in [1.29, 1.82) is 0 Å². The molecule has 1 fully saturated rings. The van der Waals surface area contributed by atoms with Crippen molar-refractivity contribution in [3.8, 4) is 0 Å². The van der Waals surface area contributed by atoms with Crippen LogP contribution in [0.2, 0.25) is 0 Å². The number of carbonyl (C=O) groups is 2. The number of benzene rings is 3. The molecule has 1 aliphatic heterocycles. The fourth-order valence-corrected chi connectivity index (χ4v) is 5.70. The lowest BCUT2D eigenvalue weighted by Gasteiger charge is -2.36. The highest BCUT2D eigenvalue weighted by Crippen LogP contribution is 2.40. The van der Waals surface area contributed by atoms with Gasteiger partial charge >= 0.3 is 0 Å². The summed E-state index contributed by atoms with van der Waals surface area (Å²) in [6, 6.07) is 29.5. The molecule has 0 spiro atoms. The SMILES string of the molecule is CON=C(C(=O)NC1C(=O)NC1CS)c1csc(NC(c2ccccc2)(c2ccccc2)c2ccccc2)n1. The Morgan fingerprint density at radius 2 is 1.54 bits per heavy atom. The minimum atomic E-state index is -0.774. The van der Waals surface area contributed by atoms with Gasteiger partial charge in [0.2, 0.25) is 5.91 Å². The maximum absolute atomic E-state index is 13.1. The first-order chi connectivity index (χ1) is 19.1. The minimum Gasteiger partial charge on any atom is -0.398 e. The molecule has 2 amide bonds. The van der Waals surface area contributed by atoms with Gasteiger partial charge in [0.1, 0.15) is 24.4 Å². The van der Waals surface area contributed by atoms with Crippen molar-refractivity contribution in [2.45, 2.75) is 17.6 Å². The molecule has 0 saturated carbocycles. The lowest BCUT2D eigenvalue weighted by Crippen LogP contribution is -2.70. The smallest absolute Gasteiger partial charge is 0.276 e. The lowest BCUT2D eigenvalue weighted by atomic mass is 9.77. The van der Waals surface area contributed by atoms with Crippen LogP contribution >= 0.6 is 24.0 Å². The third-order valence-electron chi connectivity index (χ3n) is 6.56. The van der Waals surface area contributed by atoms with Gasteiger partial charge in [-0.1, -0.05) is 96.2 Å². The van der Waals surface area contributed by atoms with Gasteiger partial charge in [0.05, 0.1) is 6.04 Å². The Balaban J connectivity index is 1.53. The summed E-state index contributed by atoms with van der Waals surface area (Å²) in [6.07, 6.45) is 0. The predicted octanol–water partition coefficient (Wildman–Crippen LogP) is 3.81. The first-order valence-corrected chi connectivity index (χ1v) is 13.8. The normalized spacial score (nSPS) is 17.1. The van der Waals surface area contributed by atoms with Crippen molar-refractivity contribution in [1.82, 2.24) is 15.6 Å². The molecule has 0 radical (unpaired) electrons. The molecule has 1 aromatic heterocycles. The van der Waals surface area contributed by atoms with Crippen LogP contribution in [0.15, 0.2) is 102 Å². The zero-order valence-corrected chi connectivity index (χ0v) is 22.8. The number of oxime groups is 1. The van der Waals surface area contributed by atoms with Gasteiger partial charge in [-0.25, -0.2) is 4.98 Å². The number of thiol groups is 1. The molecule has 39 heavy (non-hydrogen) atoms. The van der Waals surface area contributed by atoms with E-state index in [4.69, 9.17) is 9.82 Å². The van der Waals surface area contributed by atoms with E-state index >= 15 is 0 Å². The third-order valence-corrected chi connectivity index (χ3v) is 7.71. The summed E-state index contributed by atoms with van der Waals surface area (Å²) in [6.45, 7) is 0. The average molecular weight is 558 g/mol. The average Bonchev–Trinajstić information content (AvgIpc) is 3.45. The molecule has 2 heterocycles. The van der Waals surface area contributed by atoms with E-state index in [0.717, 1.165) is 16.7 Å². The summed E-state index contributed by atoms with van der Waals surface area (Å²) in [4.78, 5) is 34.8. The first-order valence-electron chi connectivity index (χ1n) is 12.3. The van der Waals surface area contributed by atoms with Crippen LogP contribution < -0.4 is 16.0 Å². The Labute approximate surface area is 235 Å². The number of nitrogens with one attached hydrogen (secondary N) is 3. The van der Waals surface area contributed by atoms with E-state index in [2.05, 4.69) is 70.1 Å². The van der Waals surface area contributed by atoms with Crippen molar-refractivity contribution in [2.75, 3.05) is 18.2 Å². The molecule has 8 nitrogen and oxygen atoms in total. The van der Waals surface area contributed by atoms with Crippen LogP contribution in [0.3, 0.4) is 0 Å². The molecule has 3 aromatic carbocycles. The van der Waals surface area contributed by atoms with Gasteiger partial charge in [0, 0.05) is 11.1 Å². The molecule has 0 aliphatic carbocycles. The zero-order chi connectivity index (χ0) is 27.2. The summed E-state index contributed by atoms with van der Waals surface area (Å²) >= 11 is 5.57. The lowest BCUT2D eigenvalue weighted by molar-refractivity contribution is -0.134. The maximum Gasteiger partial charge on any atom is 0.276 e. The molecule has 4 aromatic rings. The number of carbonyl (C=O) groups excluding carboxylic acids is 2. The first kappa shape index (κ1) is 26.5. The molecule has 0 bridgehead atoms. The van der Waals surface area contributed by atoms with Gasteiger partial charge in [-0.15, -0.1) is 11.3 Å². The van der Waals surface area contributed by atoms with Gasteiger partial charge < -0.3 is 20.8 Å². The van der Waals surface area contributed by atoms with Gasteiger partial charge in [-0.2, -0.15) is 12.6 Å². The van der Waals surface area contributed by atoms with E-state index in [1.54, 1.807) is 5.38 Å². The molecular weight excluding hydrogens is 530 g/mol. The second-order valence-electron chi connectivity index (χ2n) is 8.88. The fourth-order valence-electron chi connectivity index (χ4n) is 4.65. The second kappa shape index (κ2) is 11.7. The Morgan fingerprint density at radius 1 is 1.00 bits per heavy atom. The van der Waals surface area contributed by atoms with E-state index in [0.29, 0.717) is 16.6 Å². The molecule has 3 N–H and O–H groups in total. The number of amides is 2. The Bertz CT molecular complexity index is 1370. The molecule has 1 saturated heterocycles. The number of β-lactam (4-membered cyclic amide) rings is 1. The molecular formula is C29H27N5O3S2. The molecule has 5 rings (SSSR count). The summed E-state index contributed by atoms with van der Waals surface area (Å²) in [5.41, 5.74) is 2.60. The summed E-state index contributed by atoms with van der Waals surface area (Å²) in [7, 11) is 1.36. The highest BCUT2D eigenvalue weighted by atomic mass is 32.1. The third kappa shape index (κ3) is 5.25. The zero-order valence-electron chi connectivity index (χ0n) is 21.1. The number of thiazole rings is 1. The number of nitrogens with zero attached hydrogens (tertiary/aromatic N) is 2. The van der Waals surface area contributed by atoms with Crippen LogP contribution in [0.25, 0.3) is 0 Å². The van der Waals surface area contributed by atoms with E-state index in [-0.39, 0.29) is 17.7 Å². The number of hydrogen-bond donors (Lipinski definition) is 4. The van der Waals surface area contributed by atoms with E-state index in [1.807, 2.05) is 54.6 Å². The summed E-state index contributed by atoms with van der Waals surface area (Å²) < 4.78 is 0. The van der Waals surface area contributed by atoms with Crippen molar-refractivity contribution >= 4 is 46.6 Å². The van der Waals surface area contributed by atoms with Crippen LogP contribution in [-0.2, 0) is 20.0 Å². The van der Waals surface area contributed by atoms with Crippen LogP contribution in [0, 0.1) is 0 Å². The largest absolute Gasteiger partial charge is 0.398 e. The van der Waals surface area contributed by atoms with E-state index in [1.165, 1.54) is 18.4 Å². The van der Waals surface area contributed by atoms with Crippen LogP contribution in [-0.4, -0.2) is 47.5 Å². The molecule has 2 atom stereocenters. The standard InChI is InChI=1S/C29H27N5O3S2/c1-37-34-25(27(36)32-24-22(17-38)30-26(24)35)23-18-39-28(31-23)33-29(19-11-5-2-6-12-19,20-13-7-3-8-14-20)21-15-9-4-10-16-21/h2-16,18,22,24,38H,17H2,1H3,(H,30,35)(H,31,33)(H,32,36). The van der Waals surface area contributed by atoms with Gasteiger partial charge in [-0.3, -0.25) is 9.59 Å². The molecule has 1 aliphatic rings. The monoisotopic (exact) mass is 557 g/mol. The highest BCUT2D eigenvalue weighted by molar-refractivity contribution is 7.80. The summed E-state index contributed by atoms with van der Waals surface area (Å²) in [5, 5.41) is 15.4. The second-order valence-corrected chi connectivity index (χ2v) is 10.1. The number of anilines is 1. The highest BCUT2D eigenvalue weighted by Gasteiger charge is 2.41. The Morgan fingerprint density at radius 3 is 2.00 bits per heavy atom. The Kier molecular flexibility index (Phi) is 7.94. The van der Waals surface area contributed by atoms with Crippen molar-refractivity contribution in [3.05, 3.63) is 119 Å². The van der Waals surface area contributed by atoms with Crippen LogP contribution in [0.1, 0.15) is 22.4 Å². The van der Waals surface area contributed by atoms with Gasteiger partial charge in [0.15, 0.2) is 10.8 Å². The molecule has 198 valence electrons. The number of rotatable bonds is 10.